The summed E-state index contributed by atoms with van der Waals surface area (Å²) < 4.78 is 9.89. The number of para-hydroxylation sites is 1. The summed E-state index contributed by atoms with van der Waals surface area (Å²) in [4.78, 5) is 28.9. The average Bonchev–Trinajstić information content (AvgIpc) is 2.80. The van der Waals surface area contributed by atoms with Gasteiger partial charge in [-0.2, -0.15) is 0 Å². The van der Waals surface area contributed by atoms with Gasteiger partial charge in [-0.15, -0.1) is 0 Å². The van der Waals surface area contributed by atoms with Gasteiger partial charge in [0.25, 0.3) is 5.91 Å². The van der Waals surface area contributed by atoms with E-state index in [1.165, 1.54) is 7.11 Å². The van der Waals surface area contributed by atoms with E-state index in [0.29, 0.717) is 22.2 Å². The number of esters is 1. The lowest BCUT2D eigenvalue weighted by molar-refractivity contribution is -0.139. The number of rotatable bonds is 5. The molecular weight excluding hydrogens is 380 g/mol. The quantitative estimate of drug-likeness (QED) is 0.513. The normalized spacial score (nSPS) is 10.7. The highest BCUT2D eigenvalue weighted by Crippen LogP contribution is 2.29. The summed E-state index contributed by atoms with van der Waals surface area (Å²) in [6.07, 6.45) is 0. The highest BCUT2D eigenvalue weighted by molar-refractivity contribution is 6.08. The van der Waals surface area contributed by atoms with E-state index in [4.69, 9.17) is 9.72 Å². The van der Waals surface area contributed by atoms with Crippen molar-refractivity contribution in [1.29, 1.82) is 0 Å². The molecule has 1 N–H and O–H groups in total. The predicted octanol–water partition coefficient (Wildman–Crippen LogP) is 3.97. The molecule has 0 bridgehead atoms. The van der Waals surface area contributed by atoms with Crippen LogP contribution in [-0.4, -0.2) is 37.6 Å². The number of hydrogen-bond donors (Lipinski definition) is 1. The minimum Gasteiger partial charge on any atom is -0.497 e. The van der Waals surface area contributed by atoms with Crippen molar-refractivity contribution in [2.75, 3.05) is 20.8 Å². The van der Waals surface area contributed by atoms with E-state index in [0.717, 1.165) is 22.1 Å². The van der Waals surface area contributed by atoms with Crippen molar-refractivity contribution in [1.82, 2.24) is 10.3 Å². The Balaban J connectivity index is 1.78. The van der Waals surface area contributed by atoms with Crippen LogP contribution in [0.3, 0.4) is 0 Å². The number of hydrogen-bond acceptors (Lipinski definition) is 5. The molecule has 1 amide bonds. The van der Waals surface area contributed by atoms with Crippen LogP contribution < -0.4 is 10.1 Å². The third-order valence-corrected chi connectivity index (χ3v) is 4.92. The lowest BCUT2D eigenvalue weighted by Gasteiger charge is -2.11. The molecule has 0 saturated heterocycles. The largest absolute Gasteiger partial charge is 0.497 e. The number of aromatic nitrogens is 1. The van der Waals surface area contributed by atoms with E-state index in [1.54, 1.807) is 13.2 Å². The number of methoxy groups -OCH3 is 2. The number of carbonyl (C=O) groups is 2. The molecule has 0 fully saturated rings. The van der Waals surface area contributed by atoms with Gasteiger partial charge < -0.3 is 14.8 Å². The molecule has 6 heteroatoms. The van der Waals surface area contributed by atoms with Crippen LogP contribution in [0.4, 0.5) is 0 Å². The first-order chi connectivity index (χ1) is 14.6. The van der Waals surface area contributed by atoms with Crippen molar-refractivity contribution >= 4 is 33.6 Å². The summed E-state index contributed by atoms with van der Waals surface area (Å²) in [5.74, 6) is -0.0682. The number of amides is 1. The Morgan fingerprint density at radius 3 is 2.50 bits per heavy atom. The Labute approximate surface area is 173 Å². The lowest BCUT2D eigenvalue weighted by atomic mass is 10.0. The SMILES string of the molecule is COC(=O)CNC(=O)c1cc(-c2ccc3cc(OC)ccc3c2)nc2ccccc12. The second-order valence-electron chi connectivity index (χ2n) is 6.76. The molecule has 6 nitrogen and oxygen atoms in total. The average molecular weight is 400 g/mol. The molecular formula is C24H20N2O4. The second kappa shape index (κ2) is 8.21. The van der Waals surface area contributed by atoms with Crippen LogP contribution >= 0.6 is 0 Å². The summed E-state index contributed by atoms with van der Waals surface area (Å²) in [6.45, 7) is -0.195. The van der Waals surface area contributed by atoms with Crippen LogP contribution in [0.15, 0.2) is 66.7 Å². The molecule has 0 radical (unpaired) electrons. The molecule has 0 atom stereocenters. The number of nitrogens with zero attached hydrogens (tertiary/aromatic N) is 1. The summed E-state index contributed by atoms with van der Waals surface area (Å²) in [7, 11) is 2.92. The van der Waals surface area contributed by atoms with Gasteiger partial charge in [0.2, 0.25) is 0 Å². The van der Waals surface area contributed by atoms with Crippen LogP contribution in [0.1, 0.15) is 10.4 Å². The van der Waals surface area contributed by atoms with Gasteiger partial charge in [0.15, 0.2) is 0 Å². The van der Waals surface area contributed by atoms with E-state index < -0.39 is 5.97 Å². The smallest absolute Gasteiger partial charge is 0.325 e. The zero-order chi connectivity index (χ0) is 21.1. The first-order valence-electron chi connectivity index (χ1n) is 9.42. The summed E-state index contributed by atoms with van der Waals surface area (Å²) in [6, 6.07) is 21.0. The topological polar surface area (TPSA) is 77.5 Å². The minimum absolute atomic E-state index is 0.195. The second-order valence-corrected chi connectivity index (χ2v) is 6.76. The number of pyridine rings is 1. The van der Waals surface area contributed by atoms with E-state index in [-0.39, 0.29) is 12.5 Å². The van der Waals surface area contributed by atoms with Crippen LogP contribution in [-0.2, 0) is 9.53 Å². The number of ether oxygens (including phenoxy) is 2. The van der Waals surface area contributed by atoms with Gasteiger partial charge in [0, 0.05) is 10.9 Å². The van der Waals surface area contributed by atoms with Crippen molar-refractivity contribution in [3.63, 3.8) is 0 Å². The third-order valence-electron chi connectivity index (χ3n) is 4.92. The fraction of sp³-hybridized carbons (Fsp3) is 0.125. The molecule has 1 aromatic heterocycles. The highest BCUT2D eigenvalue weighted by atomic mass is 16.5. The number of fused-ring (bicyclic) bond motifs is 2. The number of nitrogens with one attached hydrogen (secondary N) is 1. The molecule has 3 aromatic carbocycles. The molecule has 0 aliphatic carbocycles. The molecule has 4 aromatic rings. The third kappa shape index (κ3) is 3.80. The maximum absolute atomic E-state index is 12.8. The molecule has 0 saturated carbocycles. The maximum atomic E-state index is 12.8. The molecule has 1 heterocycles. The fourth-order valence-electron chi connectivity index (χ4n) is 3.34. The Morgan fingerprint density at radius 1 is 0.933 bits per heavy atom. The Hall–Kier alpha value is -3.93. The van der Waals surface area contributed by atoms with E-state index in [2.05, 4.69) is 10.1 Å². The van der Waals surface area contributed by atoms with Crippen LogP contribution in [0.5, 0.6) is 5.75 Å². The number of benzene rings is 3. The predicted molar refractivity (Wildman–Crippen MR) is 116 cm³/mol. The zero-order valence-electron chi connectivity index (χ0n) is 16.6. The van der Waals surface area contributed by atoms with Crippen molar-refractivity contribution in [3.8, 4) is 17.0 Å². The van der Waals surface area contributed by atoms with Gasteiger partial charge >= 0.3 is 5.97 Å². The van der Waals surface area contributed by atoms with Gasteiger partial charge in [-0.3, -0.25) is 9.59 Å². The van der Waals surface area contributed by atoms with E-state index in [1.807, 2.05) is 60.7 Å². The van der Waals surface area contributed by atoms with Gasteiger partial charge in [-0.05, 0) is 41.1 Å². The molecule has 0 spiro atoms. The summed E-state index contributed by atoms with van der Waals surface area (Å²) in [5, 5.41) is 5.42. The van der Waals surface area contributed by atoms with Gasteiger partial charge in [-0.25, -0.2) is 4.98 Å². The van der Waals surface area contributed by atoms with Crippen molar-refractivity contribution in [2.24, 2.45) is 0 Å². The zero-order valence-corrected chi connectivity index (χ0v) is 16.6. The van der Waals surface area contributed by atoms with Crippen molar-refractivity contribution in [2.45, 2.75) is 0 Å². The summed E-state index contributed by atoms with van der Waals surface area (Å²) >= 11 is 0. The Morgan fingerprint density at radius 2 is 1.70 bits per heavy atom. The lowest BCUT2D eigenvalue weighted by Crippen LogP contribution is -2.30. The van der Waals surface area contributed by atoms with E-state index in [9.17, 15) is 9.59 Å². The van der Waals surface area contributed by atoms with Crippen LogP contribution in [0, 0.1) is 0 Å². The molecule has 0 unspecified atom stereocenters. The molecule has 0 aliphatic rings. The minimum atomic E-state index is -0.508. The molecule has 4 rings (SSSR count). The Bertz CT molecular complexity index is 1270. The standard InChI is InChI=1S/C24H20N2O4/c1-29-18-10-9-15-11-17(8-7-16(15)12-18)22-13-20(24(28)25-14-23(27)30-2)19-5-3-4-6-21(19)26-22/h3-13H,14H2,1-2H3,(H,25,28). The molecule has 150 valence electrons. The monoisotopic (exact) mass is 400 g/mol. The van der Waals surface area contributed by atoms with Crippen LogP contribution in [0.2, 0.25) is 0 Å². The van der Waals surface area contributed by atoms with Gasteiger partial charge in [0.05, 0.1) is 31.0 Å². The molecule has 30 heavy (non-hydrogen) atoms. The Kier molecular flexibility index (Phi) is 5.30. The first kappa shape index (κ1) is 19.4. The number of carbonyl (C=O) groups excluding carboxylic acids is 2. The van der Waals surface area contributed by atoms with Gasteiger partial charge in [0.1, 0.15) is 12.3 Å². The molecule has 0 aliphatic heterocycles. The summed E-state index contributed by atoms with van der Waals surface area (Å²) in [5.41, 5.74) is 2.72. The van der Waals surface area contributed by atoms with Crippen LogP contribution in [0.25, 0.3) is 32.9 Å². The fourth-order valence-corrected chi connectivity index (χ4v) is 3.34. The van der Waals surface area contributed by atoms with Gasteiger partial charge in [-0.1, -0.05) is 36.4 Å². The highest BCUT2D eigenvalue weighted by Gasteiger charge is 2.15. The van der Waals surface area contributed by atoms with E-state index >= 15 is 0 Å². The van der Waals surface area contributed by atoms with Crippen molar-refractivity contribution < 1.29 is 19.1 Å². The van der Waals surface area contributed by atoms with Crippen molar-refractivity contribution in [3.05, 3.63) is 72.3 Å². The first-order valence-corrected chi connectivity index (χ1v) is 9.42. The maximum Gasteiger partial charge on any atom is 0.325 e.